The predicted molar refractivity (Wildman–Crippen MR) is 180 cm³/mol. The normalized spacial score (nSPS) is 11.6. The van der Waals surface area contributed by atoms with E-state index in [0.717, 1.165) is 55.1 Å². The van der Waals surface area contributed by atoms with Crippen LogP contribution in [0.15, 0.2) is 146 Å². The number of hydrogen-bond acceptors (Lipinski definition) is 3. The number of rotatable bonds is 4. The number of aromatic nitrogens is 5. The molecule has 0 atom stereocenters. The minimum atomic E-state index is 0.587. The number of nitrogens with zero attached hydrogens (tertiary/aromatic N) is 4. The Kier molecular flexibility index (Phi) is 5.43. The van der Waals surface area contributed by atoms with Gasteiger partial charge in [0.1, 0.15) is 0 Å². The molecule has 0 amide bonds. The molecule has 0 radical (unpaired) electrons. The van der Waals surface area contributed by atoms with Crippen molar-refractivity contribution in [2.75, 3.05) is 0 Å². The minimum absolute atomic E-state index is 0.587. The summed E-state index contributed by atoms with van der Waals surface area (Å²) in [6.45, 7) is 0. The lowest BCUT2D eigenvalue weighted by atomic mass is 10.0. The molecule has 44 heavy (non-hydrogen) atoms. The number of fused-ring (bicyclic) bond motifs is 6. The van der Waals surface area contributed by atoms with Gasteiger partial charge in [-0.3, -0.25) is 4.57 Å². The Bertz CT molecular complexity index is 2490. The molecule has 0 aliphatic rings. The standard InChI is InChI=1S/C39H25N5/c1-3-12-25(13-4-1)27-16-11-17-28(22-27)38-41-37(26-14-5-2-6-15-26)42-39(43-38)44-35-21-10-8-19-30(35)32-23-34-31(24-36(32)44)29-18-7-9-20-33(29)40-34/h1-24,40H. The predicted octanol–water partition coefficient (Wildman–Crippen LogP) is 9.60. The zero-order valence-electron chi connectivity index (χ0n) is 23.6. The zero-order chi connectivity index (χ0) is 29.0. The number of benzene rings is 6. The third kappa shape index (κ3) is 3.91. The molecule has 1 N–H and O–H groups in total. The molecule has 0 bridgehead atoms. The van der Waals surface area contributed by atoms with Crippen LogP contribution in [0.3, 0.4) is 0 Å². The second-order valence-electron chi connectivity index (χ2n) is 11.0. The average molecular weight is 564 g/mol. The highest BCUT2D eigenvalue weighted by Crippen LogP contribution is 2.37. The number of hydrogen-bond donors (Lipinski definition) is 1. The van der Waals surface area contributed by atoms with E-state index in [0.29, 0.717) is 17.6 Å². The Morgan fingerprint density at radius 3 is 1.84 bits per heavy atom. The van der Waals surface area contributed by atoms with Gasteiger partial charge in [0, 0.05) is 43.7 Å². The number of H-pyrrole nitrogens is 1. The molecular formula is C39H25N5. The number of para-hydroxylation sites is 2. The fraction of sp³-hybridized carbons (Fsp3) is 0. The first-order valence-corrected chi connectivity index (χ1v) is 14.7. The molecule has 0 unspecified atom stereocenters. The van der Waals surface area contributed by atoms with Crippen molar-refractivity contribution in [1.29, 1.82) is 0 Å². The molecule has 0 spiro atoms. The molecule has 0 aliphatic heterocycles. The summed E-state index contributed by atoms with van der Waals surface area (Å²) in [6, 6.07) is 50.4. The van der Waals surface area contributed by atoms with Gasteiger partial charge in [-0.2, -0.15) is 9.97 Å². The van der Waals surface area contributed by atoms with Crippen LogP contribution in [0.25, 0.3) is 83.5 Å². The van der Waals surface area contributed by atoms with Crippen LogP contribution in [0.4, 0.5) is 0 Å². The maximum Gasteiger partial charge on any atom is 0.238 e. The third-order valence-corrected chi connectivity index (χ3v) is 8.38. The van der Waals surface area contributed by atoms with E-state index in [1.807, 2.05) is 36.4 Å². The fourth-order valence-electron chi connectivity index (χ4n) is 6.31. The third-order valence-electron chi connectivity index (χ3n) is 8.38. The highest BCUT2D eigenvalue weighted by atomic mass is 15.2. The van der Waals surface area contributed by atoms with Crippen molar-refractivity contribution in [3.8, 4) is 39.9 Å². The monoisotopic (exact) mass is 563 g/mol. The van der Waals surface area contributed by atoms with Crippen LogP contribution in [-0.4, -0.2) is 24.5 Å². The van der Waals surface area contributed by atoms with Crippen LogP contribution in [0.5, 0.6) is 0 Å². The van der Waals surface area contributed by atoms with Crippen molar-refractivity contribution in [3.63, 3.8) is 0 Å². The molecule has 3 heterocycles. The van der Waals surface area contributed by atoms with Crippen LogP contribution < -0.4 is 0 Å². The molecule has 5 heteroatoms. The first-order chi connectivity index (χ1) is 21.8. The maximum atomic E-state index is 5.17. The molecule has 9 aromatic rings. The molecule has 206 valence electrons. The Morgan fingerprint density at radius 2 is 1.02 bits per heavy atom. The van der Waals surface area contributed by atoms with Crippen LogP contribution in [0.1, 0.15) is 0 Å². The summed E-state index contributed by atoms with van der Waals surface area (Å²) in [6.07, 6.45) is 0. The van der Waals surface area contributed by atoms with Gasteiger partial charge < -0.3 is 4.98 Å². The number of aromatic amines is 1. The second-order valence-corrected chi connectivity index (χ2v) is 11.0. The van der Waals surface area contributed by atoms with E-state index in [-0.39, 0.29) is 0 Å². The highest BCUT2D eigenvalue weighted by molar-refractivity contribution is 6.17. The first kappa shape index (κ1) is 24.5. The molecule has 0 aliphatic carbocycles. The van der Waals surface area contributed by atoms with Crippen LogP contribution in [0.2, 0.25) is 0 Å². The van der Waals surface area contributed by atoms with E-state index >= 15 is 0 Å². The molecule has 0 saturated heterocycles. The van der Waals surface area contributed by atoms with Crippen LogP contribution >= 0.6 is 0 Å². The lowest BCUT2D eigenvalue weighted by molar-refractivity contribution is 0.954. The lowest BCUT2D eigenvalue weighted by Crippen LogP contribution is -2.06. The summed E-state index contributed by atoms with van der Waals surface area (Å²) in [5.41, 5.74) is 8.48. The van der Waals surface area contributed by atoms with Crippen molar-refractivity contribution in [2.45, 2.75) is 0 Å². The van der Waals surface area contributed by atoms with E-state index < -0.39 is 0 Å². The molecule has 3 aromatic heterocycles. The topological polar surface area (TPSA) is 59.4 Å². The zero-order valence-corrected chi connectivity index (χ0v) is 23.6. The van der Waals surface area contributed by atoms with E-state index in [4.69, 9.17) is 15.0 Å². The average Bonchev–Trinajstić information content (AvgIpc) is 3.63. The van der Waals surface area contributed by atoms with E-state index in [1.165, 1.54) is 10.8 Å². The van der Waals surface area contributed by atoms with Gasteiger partial charge >= 0.3 is 0 Å². The Balaban J connectivity index is 1.34. The SMILES string of the molecule is c1ccc(-c2cccc(-c3nc(-c4ccccc4)nc(-n4c5ccccc5c5cc6[nH]c7ccccc7c6cc54)n3)c2)cc1. The minimum Gasteiger partial charge on any atom is -0.354 e. The van der Waals surface area contributed by atoms with Gasteiger partial charge in [0.25, 0.3) is 0 Å². The summed E-state index contributed by atoms with van der Waals surface area (Å²) in [4.78, 5) is 18.9. The molecule has 5 nitrogen and oxygen atoms in total. The smallest absolute Gasteiger partial charge is 0.238 e. The fourth-order valence-corrected chi connectivity index (χ4v) is 6.31. The van der Waals surface area contributed by atoms with E-state index in [9.17, 15) is 0 Å². The molecule has 0 saturated carbocycles. The summed E-state index contributed by atoms with van der Waals surface area (Å²) in [5.74, 6) is 1.85. The van der Waals surface area contributed by atoms with Gasteiger partial charge in [0.2, 0.25) is 5.95 Å². The van der Waals surface area contributed by atoms with Gasteiger partial charge in [-0.1, -0.05) is 115 Å². The molecule has 0 fully saturated rings. The Hall–Kier alpha value is -6.07. The van der Waals surface area contributed by atoms with Gasteiger partial charge in [-0.25, -0.2) is 4.98 Å². The van der Waals surface area contributed by atoms with Crippen molar-refractivity contribution in [2.24, 2.45) is 0 Å². The van der Waals surface area contributed by atoms with E-state index in [2.05, 4.69) is 119 Å². The number of nitrogens with one attached hydrogen (secondary N) is 1. The largest absolute Gasteiger partial charge is 0.354 e. The van der Waals surface area contributed by atoms with Gasteiger partial charge in [0.05, 0.1) is 11.0 Å². The molecule has 9 rings (SSSR count). The molecular weight excluding hydrogens is 538 g/mol. The highest BCUT2D eigenvalue weighted by Gasteiger charge is 2.19. The summed E-state index contributed by atoms with van der Waals surface area (Å²) >= 11 is 0. The van der Waals surface area contributed by atoms with Crippen molar-refractivity contribution in [1.82, 2.24) is 24.5 Å². The van der Waals surface area contributed by atoms with Crippen molar-refractivity contribution < 1.29 is 0 Å². The quantitative estimate of drug-likeness (QED) is 0.232. The van der Waals surface area contributed by atoms with Crippen LogP contribution in [-0.2, 0) is 0 Å². The maximum absolute atomic E-state index is 5.17. The van der Waals surface area contributed by atoms with Gasteiger partial charge in [-0.15, -0.1) is 0 Å². The van der Waals surface area contributed by atoms with Gasteiger partial charge in [-0.05, 0) is 41.5 Å². The Morgan fingerprint density at radius 1 is 0.386 bits per heavy atom. The van der Waals surface area contributed by atoms with Crippen LogP contribution in [0, 0.1) is 0 Å². The Labute approximate surface area is 253 Å². The van der Waals surface area contributed by atoms with Crippen molar-refractivity contribution >= 4 is 43.6 Å². The van der Waals surface area contributed by atoms with E-state index in [1.54, 1.807) is 0 Å². The summed E-state index contributed by atoms with van der Waals surface area (Å²) in [7, 11) is 0. The molecule has 6 aromatic carbocycles. The van der Waals surface area contributed by atoms with Crippen molar-refractivity contribution in [3.05, 3.63) is 146 Å². The summed E-state index contributed by atoms with van der Waals surface area (Å²) < 4.78 is 2.19. The second kappa shape index (κ2) is 9.75. The first-order valence-electron chi connectivity index (χ1n) is 14.7. The summed E-state index contributed by atoms with van der Waals surface area (Å²) in [5, 5.41) is 4.66. The lowest BCUT2D eigenvalue weighted by Gasteiger charge is -2.11. The van der Waals surface area contributed by atoms with Gasteiger partial charge in [0.15, 0.2) is 11.6 Å².